The molecule has 2 aromatic rings. The zero-order chi connectivity index (χ0) is 17.8. The van der Waals surface area contributed by atoms with E-state index in [2.05, 4.69) is 39.0 Å². The maximum Gasteiger partial charge on any atom is 0.306 e. The van der Waals surface area contributed by atoms with Crippen molar-refractivity contribution >= 4 is 11.7 Å². The van der Waals surface area contributed by atoms with Crippen LogP contribution in [0.5, 0.6) is 0 Å². The van der Waals surface area contributed by atoms with Crippen LogP contribution in [0.25, 0.3) is 0 Å². The van der Waals surface area contributed by atoms with Crippen LogP contribution in [0, 0.1) is 5.92 Å². The van der Waals surface area contributed by atoms with Gasteiger partial charge in [0.25, 0.3) is 0 Å². The lowest BCUT2D eigenvalue weighted by atomic mass is 9.93. The lowest BCUT2D eigenvalue weighted by Crippen LogP contribution is -2.39. The Kier molecular flexibility index (Phi) is 5.34. The zero-order valence-electron chi connectivity index (χ0n) is 14.8. The maximum atomic E-state index is 11.2. The van der Waals surface area contributed by atoms with E-state index in [1.807, 2.05) is 38.5 Å². The number of nitrogens with zero attached hydrogens (tertiary/aromatic N) is 3. The Morgan fingerprint density at radius 1 is 1.16 bits per heavy atom. The Balaban J connectivity index is 1.87. The molecule has 0 spiro atoms. The van der Waals surface area contributed by atoms with Crippen molar-refractivity contribution in [3.8, 4) is 0 Å². The topological polar surface area (TPSA) is 56.7 Å². The molecule has 3 rings (SSSR count). The minimum absolute atomic E-state index is 0.0622. The van der Waals surface area contributed by atoms with Crippen molar-refractivity contribution in [1.82, 2.24) is 9.88 Å². The third-order valence-electron chi connectivity index (χ3n) is 4.94. The number of benzene rings is 1. The quantitative estimate of drug-likeness (QED) is 0.907. The van der Waals surface area contributed by atoms with Crippen molar-refractivity contribution in [2.45, 2.75) is 18.9 Å². The van der Waals surface area contributed by atoms with Crippen LogP contribution in [0.1, 0.15) is 30.1 Å². The minimum Gasteiger partial charge on any atom is -0.481 e. The van der Waals surface area contributed by atoms with E-state index in [9.17, 15) is 9.90 Å². The first-order valence-electron chi connectivity index (χ1n) is 8.71. The standard InChI is InChI=1S/C20H25N3O2/c1-22(2)17-8-6-15(7-9-17)19(18-5-3-4-12-21-18)23-13-10-16(11-14-23)20(24)25/h3-9,12,16,19H,10-11,13-14H2,1-2H3,(H,24,25). The van der Waals surface area contributed by atoms with Crippen LogP contribution in [0.15, 0.2) is 48.7 Å². The second-order valence-corrected chi connectivity index (χ2v) is 6.79. The van der Waals surface area contributed by atoms with Crippen LogP contribution in [0.2, 0.25) is 0 Å². The number of pyridine rings is 1. The fourth-order valence-electron chi connectivity index (χ4n) is 3.47. The molecule has 1 aliphatic heterocycles. The van der Waals surface area contributed by atoms with Gasteiger partial charge in [-0.1, -0.05) is 18.2 Å². The van der Waals surface area contributed by atoms with E-state index in [0.29, 0.717) is 12.8 Å². The van der Waals surface area contributed by atoms with Crippen LogP contribution in [-0.2, 0) is 4.79 Å². The van der Waals surface area contributed by atoms with Gasteiger partial charge in [0.2, 0.25) is 0 Å². The minimum atomic E-state index is -0.677. The molecule has 5 heteroatoms. The van der Waals surface area contributed by atoms with Crippen LogP contribution < -0.4 is 4.90 Å². The molecule has 132 valence electrons. The summed E-state index contributed by atoms with van der Waals surface area (Å²) >= 11 is 0. The molecule has 0 amide bonds. The smallest absolute Gasteiger partial charge is 0.306 e. The zero-order valence-corrected chi connectivity index (χ0v) is 14.8. The Hall–Kier alpha value is -2.40. The van der Waals surface area contributed by atoms with E-state index in [1.165, 1.54) is 5.56 Å². The first kappa shape index (κ1) is 17.4. The molecule has 0 radical (unpaired) electrons. The summed E-state index contributed by atoms with van der Waals surface area (Å²) in [5.41, 5.74) is 3.36. The summed E-state index contributed by atoms with van der Waals surface area (Å²) in [5.74, 6) is -0.902. The van der Waals surface area contributed by atoms with Gasteiger partial charge in [0.15, 0.2) is 0 Å². The number of likely N-dealkylation sites (tertiary alicyclic amines) is 1. The number of carbonyl (C=O) groups is 1. The van der Waals surface area contributed by atoms with Gasteiger partial charge in [-0.15, -0.1) is 0 Å². The summed E-state index contributed by atoms with van der Waals surface area (Å²) in [5, 5.41) is 9.24. The number of aliphatic carboxylic acids is 1. The van der Waals surface area contributed by atoms with Gasteiger partial charge in [0.1, 0.15) is 0 Å². The molecule has 1 aliphatic rings. The third-order valence-corrected chi connectivity index (χ3v) is 4.94. The molecular weight excluding hydrogens is 314 g/mol. The van der Waals surface area contributed by atoms with Crippen LogP contribution >= 0.6 is 0 Å². The summed E-state index contributed by atoms with van der Waals surface area (Å²) in [6, 6.07) is 14.6. The van der Waals surface area contributed by atoms with E-state index in [1.54, 1.807) is 0 Å². The number of hydrogen-bond acceptors (Lipinski definition) is 4. The summed E-state index contributed by atoms with van der Waals surface area (Å²) in [6.45, 7) is 1.54. The van der Waals surface area contributed by atoms with Crippen LogP contribution in [0.4, 0.5) is 5.69 Å². The molecule has 0 aliphatic carbocycles. The third kappa shape index (κ3) is 3.99. The summed E-state index contributed by atoms with van der Waals surface area (Å²) in [6.07, 6.45) is 3.20. The first-order valence-corrected chi connectivity index (χ1v) is 8.71. The van der Waals surface area contributed by atoms with Crippen molar-refractivity contribution in [2.24, 2.45) is 5.92 Å². The average molecular weight is 339 g/mol. The fourth-order valence-corrected chi connectivity index (χ4v) is 3.47. The molecule has 1 saturated heterocycles. The monoisotopic (exact) mass is 339 g/mol. The second-order valence-electron chi connectivity index (χ2n) is 6.79. The Morgan fingerprint density at radius 2 is 1.84 bits per heavy atom. The van der Waals surface area contributed by atoms with Crippen molar-refractivity contribution in [3.05, 3.63) is 59.9 Å². The molecular formula is C20H25N3O2. The van der Waals surface area contributed by atoms with Crippen molar-refractivity contribution in [1.29, 1.82) is 0 Å². The van der Waals surface area contributed by atoms with Gasteiger partial charge in [0, 0.05) is 26.0 Å². The summed E-state index contributed by atoms with van der Waals surface area (Å²) < 4.78 is 0. The predicted molar refractivity (Wildman–Crippen MR) is 98.8 cm³/mol. The normalized spacial score (nSPS) is 17.2. The SMILES string of the molecule is CN(C)c1ccc(C(c2ccccn2)N2CCC(C(=O)O)CC2)cc1. The largest absolute Gasteiger partial charge is 0.481 e. The molecule has 1 atom stereocenters. The Bertz CT molecular complexity index is 693. The first-order chi connectivity index (χ1) is 12.1. The highest BCUT2D eigenvalue weighted by atomic mass is 16.4. The van der Waals surface area contributed by atoms with Crippen molar-refractivity contribution < 1.29 is 9.90 Å². The molecule has 1 aromatic carbocycles. The van der Waals surface area contributed by atoms with Crippen LogP contribution in [0.3, 0.4) is 0 Å². The Morgan fingerprint density at radius 3 is 2.36 bits per heavy atom. The van der Waals surface area contributed by atoms with E-state index in [0.717, 1.165) is 24.5 Å². The number of anilines is 1. The number of aromatic nitrogens is 1. The molecule has 1 aromatic heterocycles. The highest BCUT2D eigenvalue weighted by molar-refractivity contribution is 5.70. The van der Waals surface area contributed by atoms with E-state index in [-0.39, 0.29) is 12.0 Å². The molecule has 25 heavy (non-hydrogen) atoms. The lowest BCUT2D eigenvalue weighted by molar-refractivity contribution is -0.143. The summed E-state index contributed by atoms with van der Waals surface area (Å²) in [7, 11) is 4.06. The number of carboxylic acid groups (broad SMARTS) is 1. The van der Waals surface area contributed by atoms with Gasteiger partial charge in [-0.05, 0) is 55.8 Å². The molecule has 1 unspecified atom stereocenters. The van der Waals surface area contributed by atoms with Gasteiger partial charge in [-0.2, -0.15) is 0 Å². The molecule has 5 nitrogen and oxygen atoms in total. The van der Waals surface area contributed by atoms with Gasteiger partial charge >= 0.3 is 5.97 Å². The average Bonchev–Trinajstić information content (AvgIpc) is 2.64. The molecule has 0 bridgehead atoms. The number of piperidine rings is 1. The Labute approximate surface area is 148 Å². The van der Waals surface area contributed by atoms with Crippen molar-refractivity contribution in [2.75, 3.05) is 32.1 Å². The molecule has 1 fully saturated rings. The summed E-state index contributed by atoms with van der Waals surface area (Å²) in [4.78, 5) is 20.2. The fraction of sp³-hybridized carbons (Fsp3) is 0.400. The molecule has 0 saturated carbocycles. The van der Waals surface area contributed by atoms with E-state index >= 15 is 0 Å². The van der Waals surface area contributed by atoms with Crippen molar-refractivity contribution in [3.63, 3.8) is 0 Å². The van der Waals surface area contributed by atoms with E-state index in [4.69, 9.17) is 0 Å². The van der Waals surface area contributed by atoms with Gasteiger partial charge in [-0.25, -0.2) is 0 Å². The molecule has 1 N–H and O–H groups in total. The highest BCUT2D eigenvalue weighted by Gasteiger charge is 2.30. The lowest BCUT2D eigenvalue weighted by Gasteiger charge is -2.36. The molecule has 2 heterocycles. The number of hydrogen-bond donors (Lipinski definition) is 1. The second kappa shape index (κ2) is 7.66. The van der Waals surface area contributed by atoms with Gasteiger partial charge in [-0.3, -0.25) is 14.7 Å². The van der Waals surface area contributed by atoms with E-state index < -0.39 is 5.97 Å². The van der Waals surface area contributed by atoms with Gasteiger partial charge in [0.05, 0.1) is 17.7 Å². The van der Waals surface area contributed by atoms with Crippen LogP contribution in [-0.4, -0.2) is 48.1 Å². The number of rotatable bonds is 5. The maximum absolute atomic E-state index is 11.2. The van der Waals surface area contributed by atoms with Gasteiger partial charge < -0.3 is 10.0 Å². The number of carboxylic acids is 1. The highest BCUT2D eigenvalue weighted by Crippen LogP contribution is 2.32. The predicted octanol–water partition coefficient (Wildman–Crippen LogP) is 3.03.